The van der Waals surface area contributed by atoms with E-state index in [1.807, 2.05) is 0 Å². The number of amides is 1. The number of hydrogen-bond acceptors (Lipinski definition) is 5. The maximum atomic E-state index is 12.7. The van der Waals surface area contributed by atoms with Gasteiger partial charge in [0.15, 0.2) is 0 Å². The lowest BCUT2D eigenvalue weighted by molar-refractivity contribution is -0.150. The molecular weight excluding hydrogens is 414 g/mol. The largest absolute Gasteiger partial charge is 0.391 e. The summed E-state index contributed by atoms with van der Waals surface area (Å²) in [6.45, 7) is 6.45. The molecule has 7 heteroatoms. The highest BCUT2D eigenvalue weighted by atomic mass is 35.5. The van der Waals surface area contributed by atoms with E-state index < -0.39 is 0 Å². The number of Topliss-reactive ketones (excluding diaryl/α,β-unsaturated/α-hetero) is 1. The Morgan fingerprint density at radius 3 is 2.65 bits per heavy atom. The third kappa shape index (κ3) is 3.62. The van der Waals surface area contributed by atoms with Crippen LogP contribution in [0.25, 0.3) is 0 Å². The second-order valence-corrected chi connectivity index (χ2v) is 11.2. The number of carbonyl (C=O) groups is 2. The van der Waals surface area contributed by atoms with Gasteiger partial charge in [0.25, 0.3) is 0 Å². The SMILES string of the molecule is C[C@]12CC/C(=N\O[C@@H]3CCNC3)CC1[C@@H](C(N)=O)C[C@@H]1[C@@H]2CC[C@]2(C)C(=O)CC[C@@H]12.Cl. The number of primary amides is 1. The molecule has 0 aromatic carbocycles. The summed E-state index contributed by atoms with van der Waals surface area (Å²) in [7, 11) is 0. The highest BCUT2D eigenvalue weighted by molar-refractivity contribution is 5.88. The molecule has 5 aliphatic rings. The number of fused-ring (bicyclic) bond motifs is 5. The fourth-order valence-electron chi connectivity index (χ4n) is 8.18. The lowest BCUT2D eigenvalue weighted by atomic mass is 9.43. The first-order chi connectivity index (χ1) is 14.3. The molecule has 0 aromatic heterocycles. The maximum absolute atomic E-state index is 12.7. The van der Waals surface area contributed by atoms with Crippen LogP contribution in [0.1, 0.15) is 71.6 Å². The van der Waals surface area contributed by atoms with Gasteiger partial charge in [-0.1, -0.05) is 19.0 Å². The Balaban J connectivity index is 0.00000231. The molecule has 0 spiro atoms. The van der Waals surface area contributed by atoms with Gasteiger partial charge in [-0.2, -0.15) is 0 Å². The van der Waals surface area contributed by atoms with E-state index >= 15 is 0 Å². The van der Waals surface area contributed by atoms with Crippen LogP contribution in [0.3, 0.4) is 0 Å². The van der Waals surface area contributed by atoms with Crippen LogP contribution < -0.4 is 11.1 Å². The minimum Gasteiger partial charge on any atom is -0.391 e. The van der Waals surface area contributed by atoms with Gasteiger partial charge in [-0.3, -0.25) is 9.59 Å². The monoisotopic (exact) mass is 451 g/mol. The normalized spacial score (nSPS) is 47.8. The van der Waals surface area contributed by atoms with Crippen molar-refractivity contribution in [3.8, 4) is 0 Å². The summed E-state index contributed by atoms with van der Waals surface area (Å²) >= 11 is 0. The van der Waals surface area contributed by atoms with E-state index in [1.54, 1.807) is 0 Å². The predicted octanol–water partition coefficient (Wildman–Crippen LogP) is 3.47. The summed E-state index contributed by atoms with van der Waals surface area (Å²) in [6.07, 6.45) is 8.69. The van der Waals surface area contributed by atoms with Crippen molar-refractivity contribution in [2.24, 2.45) is 51.3 Å². The van der Waals surface area contributed by atoms with Gasteiger partial charge >= 0.3 is 0 Å². The van der Waals surface area contributed by atoms with Crippen LogP contribution in [-0.2, 0) is 14.4 Å². The standard InChI is InChI=1S/C24H37N3O3.ClH/c1-23-8-5-14(27-30-15-7-10-26-13-15)11-20(23)17(22(25)29)12-16-18-3-4-21(28)24(18,2)9-6-19(16)23;/h15-20,26H,3-13H2,1-2H3,(H2,25,29);1H/b27-14+;/t15-,16+,17+,18+,19+,20?,23-,24+;/m1./s1. The summed E-state index contributed by atoms with van der Waals surface area (Å²) in [4.78, 5) is 31.1. The third-order valence-electron chi connectivity index (χ3n) is 9.97. The summed E-state index contributed by atoms with van der Waals surface area (Å²) in [5, 5.41) is 7.85. The van der Waals surface area contributed by atoms with Crippen LogP contribution in [0.4, 0.5) is 0 Å². The summed E-state index contributed by atoms with van der Waals surface area (Å²) in [5.74, 6) is 1.88. The molecule has 8 atom stereocenters. The molecule has 1 amide bonds. The van der Waals surface area contributed by atoms with E-state index in [0.717, 1.165) is 76.6 Å². The Hall–Kier alpha value is -1.14. The van der Waals surface area contributed by atoms with Crippen molar-refractivity contribution in [1.29, 1.82) is 0 Å². The number of nitrogens with one attached hydrogen (secondary N) is 1. The smallest absolute Gasteiger partial charge is 0.220 e. The molecule has 5 fully saturated rings. The molecule has 1 aliphatic heterocycles. The Morgan fingerprint density at radius 2 is 1.94 bits per heavy atom. The van der Waals surface area contributed by atoms with Crippen LogP contribution in [0.15, 0.2) is 5.16 Å². The molecule has 5 rings (SSSR count). The molecule has 6 nitrogen and oxygen atoms in total. The van der Waals surface area contributed by atoms with Gasteiger partial charge in [0.05, 0.1) is 5.71 Å². The van der Waals surface area contributed by atoms with Crippen LogP contribution >= 0.6 is 12.4 Å². The Kier molecular flexibility index (Phi) is 6.19. The molecular formula is C24H38ClN3O3. The van der Waals surface area contributed by atoms with E-state index in [9.17, 15) is 9.59 Å². The molecule has 0 bridgehead atoms. The molecule has 1 heterocycles. The minimum absolute atomic E-state index is 0. The maximum Gasteiger partial charge on any atom is 0.220 e. The van der Waals surface area contributed by atoms with E-state index in [1.165, 1.54) is 0 Å². The lowest BCUT2D eigenvalue weighted by Crippen LogP contribution is -2.58. The molecule has 1 unspecified atom stereocenters. The average molecular weight is 452 g/mol. The first-order valence-corrected chi connectivity index (χ1v) is 12.1. The average Bonchev–Trinajstić information content (AvgIpc) is 3.34. The second-order valence-electron chi connectivity index (χ2n) is 11.2. The van der Waals surface area contributed by atoms with Gasteiger partial charge < -0.3 is 15.9 Å². The fraction of sp³-hybridized carbons (Fsp3) is 0.875. The third-order valence-corrected chi connectivity index (χ3v) is 9.97. The Labute approximate surface area is 191 Å². The van der Waals surface area contributed by atoms with Crippen LogP contribution in [0.5, 0.6) is 0 Å². The number of carbonyl (C=O) groups excluding carboxylic acids is 2. The van der Waals surface area contributed by atoms with E-state index in [4.69, 9.17) is 10.6 Å². The quantitative estimate of drug-likeness (QED) is 0.642. The Bertz CT molecular complexity index is 767. The highest BCUT2D eigenvalue weighted by Crippen LogP contribution is 2.66. The van der Waals surface area contributed by atoms with Gasteiger partial charge in [0, 0.05) is 30.7 Å². The number of rotatable bonds is 3. The first-order valence-electron chi connectivity index (χ1n) is 12.1. The zero-order valence-electron chi connectivity index (χ0n) is 18.9. The van der Waals surface area contributed by atoms with Crippen LogP contribution in [0, 0.1) is 40.4 Å². The molecule has 174 valence electrons. The summed E-state index contributed by atoms with van der Waals surface area (Å²) < 4.78 is 0. The first kappa shape index (κ1) is 23.0. The Morgan fingerprint density at radius 1 is 1.13 bits per heavy atom. The van der Waals surface area contributed by atoms with E-state index in [0.29, 0.717) is 23.5 Å². The van der Waals surface area contributed by atoms with Gasteiger partial charge in [0.2, 0.25) is 5.91 Å². The van der Waals surface area contributed by atoms with Crippen molar-refractivity contribution in [3.63, 3.8) is 0 Å². The van der Waals surface area contributed by atoms with Crippen molar-refractivity contribution in [1.82, 2.24) is 5.32 Å². The molecule has 0 radical (unpaired) electrons. The zero-order valence-corrected chi connectivity index (χ0v) is 19.7. The van der Waals surface area contributed by atoms with E-state index in [-0.39, 0.29) is 47.1 Å². The molecule has 0 aromatic rings. The van der Waals surface area contributed by atoms with Crippen molar-refractivity contribution < 1.29 is 14.4 Å². The number of hydrogen-bond donors (Lipinski definition) is 2. The topological polar surface area (TPSA) is 93.8 Å². The van der Waals surface area contributed by atoms with Gasteiger partial charge in [-0.25, -0.2) is 0 Å². The van der Waals surface area contributed by atoms with Crippen molar-refractivity contribution >= 4 is 29.8 Å². The minimum atomic E-state index is -0.170. The lowest BCUT2D eigenvalue weighted by Gasteiger charge is -2.61. The highest BCUT2D eigenvalue weighted by Gasteiger charge is 2.62. The number of nitrogens with two attached hydrogens (primary N) is 1. The molecule has 4 aliphatic carbocycles. The molecule has 1 saturated heterocycles. The van der Waals surface area contributed by atoms with E-state index in [2.05, 4.69) is 24.3 Å². The molecule has 4 saturated carbocycles. The predicted molar refractivity (Wildman–Crippen MR) is 122 cm³/mol. The fourth-order valence-corrected chi connectivity index (χ4v) is 8.18. The van der Waals surface area contributed by atoms with Gasteiger partial charge in [-0.15, -0.1) is 12.4 Å². The molecule has 3 N–H and O–H groups in total. The number of nitrogens with zero attached hydrogens (tertiary/aromatic N) is 1. The molecule has 31 heavy (non-hydrogen) atoms. The number of oxime groups is 1. The summed E-state index contributed by atoms with van der Waals surface area (Å²) in [5.41, 5.74) is 7.02. The van der Waals surface area contributed by atoms with Crippen molar-refractivity contribution in [3.05, 3.63) is 0 Å². The van der Waals surface area contributed by atoms with Crippen LogP contribution in [0.2, 0.25) is 0 Å². The van der Waals surface area contributed by atoms with Gasteiger partial charge in [0.1, 0.15) is 11.9 Å². The summed E-state index contributed by atoms with van der Waals surface area (Å²) in [6, 6.07) is 0. The number of halogens is 1. The van der Waals surface area contributed by atoms with Crippen molar-refractivity contribution in [2.45, 2.75) is 77.7 Å². The van der Waals surface area contributed by atoms with Crippen molar-refractivity contribution in [2.75, 3.05) is 13.1 Å². The van der Waals surface area contributed by atoms with Gasteiger partial charge in [-0.05, 0) is 80.6 Å². The van der Waals surface area contributed by atoms with Crippen LogP contribution in [-0.4, -0.2) is 36.6 Å². The number of ketones is 1. The second kappa shape index (κ2) is 8.33. The zero-order chi connectivity index (χ0) is 21.1.